The van der Waals surface area contributed by atoms with E-state index in [1.54, 1.807) is 11.3 Å². The van der Waals surface area contributed by atoms with Crippen molar-refractivity contribution < 1.29 is 0 Å². The second-order valence-electron chi connectivity index (χ2n) is 9.61. The maximum Gasteiger partial charge on any atom is 0.223 e. The monoisotopic (exact) mass is 426 g/mol. The van der Waals surface area contributed by atoms with Crippen molar-refractivity contribution >= 4 is 17.3 Å². The van der Waals surface area contributed by atoms with Gasteiger partial charge in [0.15, 0.2) is 0 Å². The highest BCUT2D eigenvalue weighted by molar-refractivity contribution is 7.15. The van der Waals surface area contributed by atoms with Crippen molar-refractivity contribution in [1.29, 1.82) is 5.26 Å². The number of nitrogens with zero attached hydrogens (tertiary/aromatic N) is 5. The summed E-state index contributed by atoms with van der Waals surface area (Å²) < 4.78 is 0. The lowest BCUT2D eigenvalue weighted by Gasteiger charge is -2.53. The van der Waals surface area contributed by atoms with Crippen LogP contribution in [0.5, 0.6) is 0 Å². The van der Waals surface area contributed by atoms with Gasteiger partial charge in [-0.25, -0.2) is 9.97 Å². The van der Waals surface area contributed by atoms with E-state index in [1.165, 1.54) is 4.88 Å². The lowest BCUT2D eigenvalue weighted by molar-refractivity contribution is -0.00778. The summed E-state index contributed by atoms with van der Waals surface area (Å²) in [6.07, 6.45) is 4.51. The number of piperidine rings is 1. The summed E-state index contributed by atoms with van der Waals surface area (Å²) in [4.78, 5) is 16.4. The van der Waals surface area contributed by atoms with Crippen LogP contribution < -0.4 is 5.32 Å². The largest absolute Gasteiger partial charge is 0.351 e. The number of rotatable bonds is 7. The van der Waals surface area contributed by atoms with E-state index in [1.807, 2.05) is 19.3 Å². The fourth-order valence-electron chi connectivity index (χ4n) is 4.41. The van der Waals surface area contributed by atoms with E-state index < -0.39 is 0 Å². The third-order valence-electron chi connectivity index (χ3n) is 6.24. The standard InChI is InChI=1S/C23H34N6S/c1-22(2)14-17(15-23(3,4)29(22)6)26-21-25-12-10-19(27-21)20-9-8-18(30-20)16-28(5)13-7-11-24/h8-10,12,17H,7,13-16H2,1-6H3,(H,25,26,27). The first kappa shape index (κ1) is 22.7. The minimum Gasteiger partial charge on any atom is -0.351 e. The quantitative estimate of drug-likeness (QED) is 0.697. The van der Waals surface area contributed by atoms with Crippen molar-refractivity contribution in [1.82, 2.24) is 19.8 Å². The Morgan fingerprint density at radius 2 is 1.93 bits per heavy atom. The van der Waals surface area contributed by atoms with Crippen molar-refractivity contribution in [2.45, 2.75) is 70.6 Å². The molecule has 7 heteroatoms. The van der Waals surface area contributed by atoms with Crippen LogP contribution in [0.1, 0.15) is 51.8 Å². The molecule has 3 rings (SSSR count). The van der Waals surface area contributed by atoms with Crippen molar-refractivity contribution in [2.75, 3.05) is 26.0 Å². The maximum atomic E-state index is 8.75. The highest BCUT2D eigenvalue weighted by Gasteiger charge is 2.43. The van der Waals surface area contributed by atoms with Crippen LogP contribution in [0.2, 0.25) is 0 Å². The highest BCUT2D eigenvalue weighted by atomic mass is 32.1. The number of likely N-dealkylation sites (tertiary alicyclic amines) is 1. The van der Waals surface area contributed by atoms with Gasteiger partial charge in [-0.15, -0.1) is 11.3 Å². The van der Waals surface area contributed by atoms with Gasteiger partial charge in [-0.2, -0.15) is 5.26 Å². The molecule has 6 nitrogen and oxygen atoms in total. The Balaban J connectivity index is 1.69. The zero-order chi connectivity index (χ0) is 21.9. The summed E-state index contributed by atoms with van der Waals surface area (Å²) in [6.45, 7) is 10.9. The molecule has 1 saturated heterocycles. The average Bonchev–Trinajstić information content (AvgIpc) is 3.12. The molecule has 0 saturated carbocycles. The Hall–Kier alpha value is -2.01. The topological polar surface area (TPSA) is 68.1 Å². The molecule has 0 spiro atoms. The highest BCUT2D eigenvalue weighted by Crippen LogP contribution is 2.38. The van der Waals surface area contributed by atoms with E-state index in [4.69, 9.17) is 10.2 Å². The number of nitriles is 1. The van der Waals surface area contributed by atoms with Crippen LogP contribution in [-0.2, 0) is 6.54 Å². The first-order valence-corrected chi connectivity index (χ1v) is 11.4. The number of hydrogen-bond acceptors (Lipinski definition) is 7. The molecule has 1 N–H and O–H groups in total. The van der Waals surface area contributed by atoms with Crippen LogP contribution in [0.4, 0.5) is 5.95 Å². The molecule has 162 valence electrons. The van der Waals surface area contributed by atoms with Gasteiger partial charge in [0.25, 0.3) is 0 Å². The number of thiophene rings is 1. The van der Waals surface area contributed by atoms with E-state index in [9.17, 15) is 0 Å². The number of anilines is 1. The van der Waals surface area contributed by atoms with Gasteiger partial charge in [0.05, 0.1) is 16.6 Å². The molecule has 0 amide bonds. The van der Waals surface area contributed by atoms with Crippen LogP contribution in [0.15, 0.2) is 24.4 Å². The Labute approximate surface area is 184 Å². The van der Waals surface area contributed by atoms with Crippen molar-refractivity contribution in [3.63, 3.8) is 0 Å². The van der Waals surface area contributed by atoms with Gasteiger partial charge in [0, 0.05) is 47.7 Å². The Bertz CT molecular complexity index is 879. The molecule has 3 heterocycles. The fourth-order valence-corrected chi connectivity index (χ4v) is 5.47. The Kier molecular flexibility index (Phi) is 6.81. The molecule has 30 heavy (non-hydrogen) atoms. The lowest BCUT2D eigenvalue weighted by atomic mass is 9.77. The van der Waals surface area contributed by atoms with Gasteiger partial charge >= 0.3 is 0 Å². The van der Waals surface area contributed by atoms with Crippen LogP contribution >= 0.6 is 11.3 Å². The van der Waals surface area contributed by atoms with Crippen molar-refractivity contribution in [2.24, 2.45) is 0 Å². The molecule has 2 aromatic heterocycles. The van der Waals surface area contributed by atoms with Crippen molar-refractivity contribution in [3.05, 3.63) is 29.3 Å². The zero-order valence-corrected chi connectivity index (χ0v) is 19.9. The van der Waals surface area contributed by atoms with Crippen LogP contribution in [0.3, 0.4) is 0 Å². The van der Waals surface area contributed by atoms with Gasteiger partial charge in [-0.05, 0) is 72.8 Å². The third kappa shape index (κ3) is 5.37. The van der Waals surface area contributed by atoms with Crippen LogP contribution in [0, 0.1) is 11.3 Å². The van der Waals surface area contributed by atoms with Gasteiger partial charge in [-0.3, -0.25) is 4.90 Å². The number of aromatic nitrogens is 2. The SMILES string of the molecule is CN(CCC#N)Cc1ccc(-c2ccnc(NC3CC(C)(C)N(C)C(C)(C)C3)n2)s1. The first-order chi connectivity index (χ1) is 14.1. The smallest absolute Gasteiger partial charge is 0.223 e. The molecule has 2 aromatic rings. The van der Waals surface area contributed by atoms with E-state index in [2.05, 4.69) is 73.0 Å². The molecule has 1 fully saturated rings. The molecular weight excluding hydrogens is 392 g/mol. The molecule has 0 aliphatic carbocycles. The molecule has 0 unspecified atom stereocenters. The minimum atomic E-state index is 0.122. The van der Waals surface area contributed by atoms with Gasteiger partial charge in [-0.1, -0.05) is 0 Å². The van der Waals surface area contributed by atoms with E-state index in [-0.39, 0.29) is 11.1 Å². The van der Waals surface area contributed by atoms with Gasteiger partial charge < -0.3 is 10.2 Å². The molecule has 1 aliphatic heterocycles. The van der Waals surface area contributed by atoms with Gasteiger partial charge in [0.2, 0.25) is 5.95 Å². The van der Waals surface area contributed by atoms with Crippen LogP contribution in [0.25, 0.3) is 10.6 Å². The van der Waals surface area contributed by atoms with E-state index in [0.717, 1.165) is 36.5 Å². The lowest BCUT2D eigenvalue weighted by Crippen LogP contribution is -2.61. The average molecular weight is 427 g/mol. The van der Waals surface area contributed by atoms with E-state index in [0.29, 0.717) is 18.4 Å². The van der Waals surface area contributed by atoms with Crippen LogP contribution in [-0.4, -0.2) is 57.5 Å². The second kappa shape index (κ2) is 9.01. The summed E-state index contributed by atoms with van der Waals surface area (Å²) in [7, 11) is 4.27. The molecule has 0 bridgehead atoms. The summed E-state index contributed by atoms with van der Waals surface area (Å²) in [5.41, 5.74) is 1.20. The molecule has 1 aliphatic rings. The first-order valence-electron chi connectivity index (χ1n) is 10.6. The molecule has 0 radical (unpaired) electrons. The summed E-state index contributed by atoms with van der Waals surface area (Å²) in [6, 6.07) is 8.80. The number of nitrogens with one attached hydrogen (secondary N) is 1. The Morgan fingerprint density at radius 1 is 1.23 bits per heavy atom. The molecular formula is C23H34N6S. The predicted molar refractivity (Wildman–Crippen MR) is 124 cm³/mol. The van der Waals surface area contributed by atoms with E-state index >= 15 is 0 Å². The zero-order valence-electron chi connectivity index (χ0n) is 19.1. The Morgan fingerprint density at radius 3 is 2.60 bits per heavy atom. The normalized spacial score (nSPS) is 19.0. The maximum absolute atomic E-state index is 8.75. The fraction of sp³-hybridized carbons (Fsp3) is 0.609. The minimum absolute atomic E-state index is 0.122. The van der Waals surface area contributed by atoms with Crippen molar-refractivity contribution in [3.8, 4) is 16.6 Å². The summed E-state index contributed by atoms with van der Waals surface area (Å²) >= 11 is 1.75. The van der Waals surface area contributed by atoms with Gasteiger partial charge in [0.1, 0.15) is 0 Å². The second-order valence-corrected chi connectivity index (χ2v) is 10.8. The molecule has 0 atom stereocenters. The summed E-state index contributed by atoms with van der Waals surface area (Å²) in [5, 5.41) is 12.4. The summed E-state index contributed by atoms with van der Waals surface area (Å²) in [5.74, 6) is 0.703. The predicted octanol–water partition coefficient (Wildman–Crippen LogP) is 4.61. The molecule has 0 aromatic carbocycles. The third-order valence-corrected chi connectivity index (χ3v) is 7.33. The number of hydrogen-bond donors (Lipinski definition) is 1.